The number of ether oxygens (including phenoxy) is 1. The average Bonchev–Trinajstić information content (AvgIpc) is 3.24. The Morgan fingerprint density at radius 2 is 2.35 bits per heavy atom. The monoisotopic (exact) mass is 335 g/mol. The molecule has 1 atom stereocenters. The van der Waals surface area contributed by atoms with Gasteiger partial charge in [-0.05, 0) is 28.8 Å². The lowest BCUT2D eigenvalue weighted by Gasteiger charge is -2.31. The first-order valence-electron chi connectivity index (χ1n) is 7.87. The smallest absolute Gasteiger partial charge is 0.247 e. The number of hydrogen-bond donors (Lipinski definition) is 0. The molecule has 7 heteroatoms. The zero-order valence-corrected chi connectivity index (χ0v) is 14.2. The van der Waals surface area contributed by atoms with Gasteiger partial charge in [0.05, 0.1) is 13.2 Å². The minimum Gasteiger partial charge on any atom is -0.422 e. The molecule has 1 aliphatic heterocycles. The van der Waals surface area contributed by atoms with Crippen LogP contribution in [-0.4, -0.2) is 40.7 Å². The van der Waals surface area contributed by atoms with Gasteiger partial charge in [-0.1, -0.05) is 13.8 Å². The Hall–Kier alpha value is -1.73. The van der Waals surface area contributed by atoms with Gasteiger partial charge < -0.3 is 14.1 Å². The van der Waals surface area contributed by atoms with Crippen LogP contribution in [0.25, 0.3) is 0 Å². The molecular weight excluding hydrogens is 314 g/mol. The molecule has 1 saturated heterocycles. The Morgan fingerprint density at radius 1 is 1.48 bits per heavy atom. The molecule has 1 fully saturated rings. The Kier molecular flexibility index (Phi) is 5.07. The zero-order valence-electron chi connectivity index (χ0n) is 13.4. The molecule has 0 radical (unpaired) electrons. The van der Waals surface area contributed by atoms with Crippen molar-refractivity contribution in [3.8, 4) is 0 Å². The van der Waals surface area contributed by atoms with E-state index in [2.05, 4.69) is 21.6 Å². The van der Waals surface area contributed by atoms with Crippen LogP contribution in [0, 0.1) is 0 Å². The number of nitrogens with zero attached hydrogens (tertiary/aromatic N) is 3. The van der Waals surface area contributed by atoms with E-state index in [0.717, 1.165) is 6.42 Å². The fraction of sp³-hybridized carbons (Fsp3) is 0.562. The van der Waals surface area contributed by atoms with E-state index in [9.17, 15) is 4.79 Å². The lowest BCUT2D eigenvalue weighted by molar-refractivity contribution is -0.139. The molecule has 124 valence electrons. The number of aromatic nitrogens is 2. The first-order valence-corrected chi connectivity index (χ1v) is 8.81. The maximum Gasteiger partial charge on any atom is 0.247 e. The van der Waals surface area contributed by atoms with E-state index in [0.29, 0.717) is 37.9 Å². The number of carbonyl (C=O) groups is 1. The van der Waals surface area contributed by atoms with Crippen molar-refractivity contribution in [3.63, 3.8) is 0 Å². The number of rotatable bonds is 5. The maximum absolute atomic E-state index is 12.4. The topological polar surface area (TPSA) is 68.5 Å². The molecular formula is C16H21N3O3S. The minimum atomic E-state index is -0.325. The van der Waals surface area contributed by atoms with Gasteiger partial charge in [0, 0.05) is 18.9 Å². The number of morpholine rings is 1. The first-order chi connectivity index (χ1) is 11.1. The predicted octanol–water partition coefficient (Wildman–Crippen LogP) is 2.79. The number of carbonyl (C=O) groups excluding carboxylic acids is 1. The Labute approximate surface area is 139 Å². The van der Waals surface area contributed by atoms with Crippen LogP contribution >= 0.6 is 11.3 Å². The van der Waals surface area contributed by atoms with Crippen molar-refractivity contribution in [1.82, 2.24) is 15.1 Å². The molecule has 0 aromatic carbocycles. The third-order valence-electron chi connectivity index (χ3n) is 3.85. The molecule has 3 heterocycles. The summed E-state index contributed by atoms with van der Waals surface area (Å²) in [5.74, 6) is 1.39. The molecule has 2 aromatic heterocycles. The van der Waals surface area contributed by atoms with E-state index in [1.54, 1.807) is 11.3 Å². The Balaban J connectivity index is 1.57. The summed E-state index contributed by atoms with van der Waals surface area (Å²) in [6.45, 7) is 5.58. The molecule has 2 aromatic rings. The standard InChI is InChI=1S/C16H21N3O3S/c1-11(2)15-17-18-16(22-15)13-9-19(6-7-21-13)14(20)4-3-12-5-8-23-10-12/h5,8,10-11,13H,3-4,6-7,9H2,1-2H3/t13-/m0/s1. The van der Waals surface area contributed by atoms with Crippen LogP contribution in [0.15, 0.2) is 21.2 Å². The molecule has 0 N–H and O–H groups in total. The van der Waals surface area contributed by atoms with Crippen LogP contribution in [0.4, 0.5) is 0 Å². The average molecular weight is 335 g/mol. The summed E-state index contributed by atoms with van der Waals surface area (Å²) in [6, 6.07) is 2.06. The highest BCUT2D eigenvalue weighted by Crippen LogP contribution is 2.24. The van der Waals surface area contributed by atoms with Gasteiger partial charge >= 0.3 is 0 Å². The van der Waals surface area contributed by atoms with E-state index in [-0.39, 0.29) is 17.9 Å². The van der Waals surface area contributed by atoms with Gasteiger partial charge in [-0.15, -0.1) is 10.2 Å². The van der Waals surface area contributed by atoms with Crippen molar-refractivity contribution >= 4 is 17.2 Å². The summed E-state index contributed by atoms with van der Waals surface area (Å²) in [4.78, 5) is 14.2. The van der Waals surface area contributed by atoms with Gasteiger partial charge in [-0.2, -0.15) is 11.3 Å². The van der Waals surface area contributed by atoms with Gasteiger partial charge in [0.1, 0.15) is 0 Å². The quantitative estimate of drug-likeness (QED) is 0.840. The van der Waals surface area contributed by atoms with Crippen LogP contribution in [-0.2, 0) is 16.0 Å². The van der Waals surface area contributed by atoms with Gasteiger partial charge in [0.15, 0.2) is 6.10 Å². The van der Waals surface area contributed by atoms with Crippen LogP contribution in [0.1, 0.15) is 49.6 Å². The Bertz CT molecular complexity index is 639. The molecule has 0 saturated carbocycles. The third-order valence-corrected chi connectivity index (χ3v) is 4.58. The van der Waals surface area contributed by atoms with Gasteiger partial charge in [0.25, 0.3) is 0 Å². The summed E-state index contributed by atoms with van der Waals surface area (Å²) < 4.78 is 11.3. The van der Waals surface area contributed by atoms with Crippen LogP contribution in [0.2, 0.25) is 0 Å². The van der Waals surface area contributed by atoms with Crippen molar-refractivity contribution < 1.29 is 13.9 Å². The molecule has 3 rings (SSSR count). The minimum absolute atomic E-state index is 0.146. The lowest BCUT2D eigenvalue weighted by Crippen LogP contribution is -2.42. The van der Waals surface area contributed by atoms with Crippen molar-refractivity contribution in [2.24, 2.45) is 0 Å². The van der Waals surface area contributed by atoms with Crippen molar-refractivity contribution in [1.29, 1.82) is 0 Å². The summed E-state index contributed by atoms with van der Waals surface area (Å²) in [5, 5.41) is 12.2. The lowest BCUT2D eigenvalue weighted by atomic mass is 10.1. The second-order valence-corrected chi connectivity index (χ2v) is 6.74. The molecule has 0 aliphatic carbocycles. The molecule has 1 aliphatic rings. The number of hydrogen-bond acceptors (Lipinski definition) is 6. The molecule has 0 spiro atoms. The number of aryl methyl sites for hydroxylation is 1. The predicted molar refractivity (Wildman–Crippen MR) is 86.3 cm³/mol. The van der Waals surface area contributed by atoms with Crippen molar-refractivity contribution in [3.05, 3.63) is 34.2 Å². The summed E-state index contributed by atoms with van der Waals surface area (Å²) in [5.41, 5.74) is 1.21. The highest BCUT2D eigenvalue weighted by atomic mass is 32.1. The summed E-state index contributed by atoms with van der Waals surface area (Å²) in [7, 11) is 0. The van der Waals surface area contributed by atoms with E-state index in [1.165, 1.54) is 5.56 Å². The van der Waals surface area contributed by atoms with Crippen LogP contribution in [0.3, 0.4) is 0 Å². The first kappa shape index (κ1) is 16.1. The molecule has 1 amide bonds. The second-order valence-electron chi connectivity index (χ2n) is 5.96. The van der Waals surface area contributed by atoms with Crippen LogP contribution in [0.5, 0.6) is 0 Å². The molecule has 23 heavy (non-hydrogen) atoms. The molecule has 0 bridgehead atoms. The molecule has 0 unspecified atom stereocenters. The third kappa shape index (κ3) is 3.97. The largest absolute Gasteiger partial charge is 0.422 e. The Morgan fingerprint density at radius 3 is 3.04 bits per heavy atom. The molecule has 6 nitrogen and oxygen atoms in total. The van der Waals surface area contributed by atoms with Gasteiger partial charge in [-0.25, -0.2) is 0 Å². The van der Waals surface area contributed by atoms with Crippen molar-refractivity contribution in [2.45, 2.75) is 38.7 Å². The van der Waals surface area contributed by atoms with Gasteiger partial charge in [-0.3, -0.25) is 4.79 Å². The normalized spacial score (nSPS) is 18.6. The SMILES string of the molecule is CC(C)c1nnc([C@@H]2CN(C(=O)CCc3ccsc3)CCO2)o1. The summed E-state index contributed by atoms with van der Waals surface area (Å²) >= 11 is 1.66. The second kappa shape index (κ2) is 7.23. The van der Waals surface area contributed by atoms with Gasteiger partial charge in [0.2, 0.25) is 17.7 Å². The van der Waals surface area contributed by atoms with E-state index in [1.807, 2.05) is 24.1 Å². The highest BCUT2D eigenvalue weighted by molar-refractivity contribution is 7.07. The maximum atomic E-state index is 12.4. The van der Waals surface area contributed by atoms with Crippen LogP contribution < -0.4 is 0 Å². The van der Waals surface area contributed by atoms with Crippen molar-refractivity contribution in [2.75, 3.05) is 19.7 Å². The fourth-order valence-corrected chi connectivity index (χ4v) is 3.18. The van der Waals surface area contributed by atoms with E-state index in [4.69, 9.17) is 9.15 Å². The summed E-state index contributed by atoms with van der Waals surface area (Å²) in [6.07, 6.45) is 0.973. The highest BCUT2D eigenvalue weighted by Gasteiger charge is 2.29. The van der Waals surface area contributed by atoms with E-state index >= 15 is 0 Å². The fourth-order valence-electron chi connectivity index (χ4n) is 2.48. The number of thiophene rings is 1. The zero-order chi connectivity index (χ0) is 16.2. The number of amides is 1. The van der Waals surface area contributed by atoms with E-state index < -0.39 is 0 Å².